The minimum Gasteiger partial charge on any atom is -0.378 e. The smallest absolute Gasteiger partial charge is 0.128 e. The Balaban J connectivity index is 1.88. The Morgan fingerprint density at radius 2 is 1.95 bits per heavy atom. The van der Waals surface area contributed by atoms with Gasteiger partial charge >= 0.3 is 0 Å². The largest absolute Gasteiger partial charge is 0.378 e. The zero-order valence-electron chi connectivity index (χ0n) is 11.7. The molecule has 1 unspecified atom stereocenters. The Bertz CT molecular complexity index is 798. The molecule has 2 nitrogen and oxygen atoms in total. The first-order valence-corrected chi connectivity index (χ1v) is 7.48. The molecule has 0 aliphatic carbocycles. The summed E-state index contributed by atoms with van der Waals surface area (Å²) >= 11 is 1.55. The lowest BCUT2D eigenvalue weighted by Crippen LogP contribution is -2.09. The van der Waals surface area contributed by atoms with Crippen molar-refractivity contribution in [3.05, 3.63) is 58.6 Å². The van der Waals surface area contributed by atoms with Crippen LogP contribution in [0, 0.1) is 18.6 Å². The summed E-state index contributed by atoms with van der Waals surface area (Å²) in [5, 5.41) is 3.20. The maximum absolute atomic E-state index is 14.0. The molecule has 0 saturated heterocycles. The van der Waals surface area contributed by atoms with Crippen molar-refractivity contribution in [2.75, 3.05) is 5.32 Å². The second kappa shape index (κ2) is 5.41. The maximum atomic E-state index is 14.0. The van der Waals surface area contributed by atoms with Gasteiger partial charge in [-0.25, -0.2) is 13.8 Å². The Morgan fingerprint density at radius 1 is 1.14 bits per heavy atom. The van der Waals surface area contributed by atoms with Crippen molar-refractivity contribution in [3.8, 4) is 0 Å². The fourth-order valence-electron chi connectivity index (χ4n) is 2.27. The molecule has 1 N–H and O–H groups in total. The SMILES string of the molecule is Cc1cc(F)c(C(C)Nc2ccc3ncsc3c2)cc1F. The van der Waals surface area contributed by atoms with Crippen LogP contribution in [-0.2, 0) is 0 Å². The number of rotatable bonds is 3. The third-order valence-electron chi connectivity index (χ3n) is 3.46. The average Bonchev–Trinajstić information content (AvgIpc) is 2.90. The number of benzene rings is 2. The van der Waals surface area contributed by atoms with E-state index in [1.165, 1.54) is 12.1 Å². The second-order valence-electron chi connectivity index (χ2n) is 5.02. The third-order valence-corrected chi connectivity index (χ3v) is 4.25. The first-order valence-electron chi connectivity index (χ1n) is 6.60. The monoisotopic (exact) mass is 304 g/mol. The molecule has 2 aromatic carbocycles. The van der Waals surface area contributed by atoms with E-state index in [9.17, 15) is 8.78 Å². The summed E-state index contributed by atoms with van der Waals surface area (Å²) in [7, 11) is 0. The average molecular weight is 304 g/mol. The van der Waals surface area contributed by atoms with Crippen LogP contribution in [0.25, 0.3) is 10.2 Å². The van der Waals surface area contributed by atoms with Crippen LogP contribution < -0.4 is 5.32 Å². The van der Waals surface area contributed by atoms with Crippen LogP contribution in [-0.4, -0.2) is 4.98 Å². The summed E-state index contributed by atoms with van der Waals surface area (Å²) in [5.74, 6) is -0.786. The fraction of sp³-hybridized carbons (Fsp3) is 0.188. The molecule has 108 valence electrons. The summed E-state index contributed by atoms with van der Waals surface area (Å²) < 4.78 is 28.7. The molecular formula is C16H14F2N2S. The van der Waals surface area contributed by atoms with Gasteiger partial charge < -0.3 is 5.32 Å². The number of anilines is 1. The molecule has 0 amide bonds. The van der Waals surface area contributed by atoms with E-state index < -0.39 is 11.6 Å². The number of hydrogen-bond acceptors (Lipinski definition) is 3. The van der Waals surface area contributed by atoms with Crippen molar-refractivity contribution < 1.29 is 8.78 Å². The van der Waals surface area contributed by atoms with Crippen LogP contribution in [0.1, 0.15) is 24.1 Å². The normalized spacial score (nSPS) is 12.6. The molecule has 1 atom stereocenters. The molecule has 21 heavy (non-hydrogen) atoms. The number of halogens is 2. The van der Waals surface area contributed by atoms with E-state index in [0.717, 1.165) is 15.9 Å². The van der Waals surface area contributed by atoms with Gasteiger partial charge in [-0.15, -0.1) is 11.3 Å². The van der Waals surface area contributed by atoms with E-state index in [1.807, 2.05) is 25.1 Å². The summed E-state index contributed by atoms with van der Waals surface area (Å²) in [5.41, 5.74) is 4.22. The van der Waals surface area contributed by atoms with E-state index in [4.69, 9.17) is 0 Å². The molecule has 0 aliphatic rings. The lowest BCUT2D eigenvalue weighted by Gasteiger charge is -2.17. The van der Waals surface area contributed by atoms with Gasteiger partial charge in [-0.1, -0.05) is 0 Å². The predicted molar refractivity (Wildman–Crippen MR) is 82.8 cm³/mol. The molecule has 0 saturated carbocycles. The molecule has 0 aliphatic heterocycles. The van der Waals surface area contributed by atoms with Crippen molar-refractivity contribution in [2.45, 2.75) is 19.9 Å². The molecule has 0 radical (unpaired) electrons. The van der Waals surface area contributed by atoms with Crippen LogP contribution in [0.15, 0.2) is 35.8 Å². The Morgan fingerprint density at radius 3 is 2.76 bits per heavy atom. The molecule has 0 fully saturated rings. The number of hydrogen-bond donors (Lipinski definition) is 1. The van der Waals surface area contributed by atoms with Crippen molar-refractivity contribution in [2.24, 2.45) is 0 Å². The summed E-state index contributed by atoms with van der Waals surface area (Å²) in [4.78, 5) is 4.21. The number of fused-ring (bicyclic) bond motifs is 1. The molecule has 0 spiro atoms. The van der Waals surface area contributed by atoms with Gasteiger partial charge in [-0.05, 0) is 49.7 Å². The van der Waals surface area contributed by atoms with Gasteiger partial charge in [0.25, 0.3) is 0 Å². The van der Waals surface area contributed by atoms with Crippen LogP contribution in [0.2, 0.25) is 0 Å². The predicted octanol–water partition coefficient (Wildman–Crippen LogP) is 5.06. The minimum absolute atomic E-state index is 0.314. The molecule has 3 rings (SSSR count). The van der Waals surface area contributed by atoms with Crippen molar-refractivity contribution in [1.29, 1.82) is 0 Å². The van der Waals surface area contributed by atoms with E-state index in [-0.39, 0.29) is 6.04 Å². The van der Waals surface area contributed by atoms with Crippen LogP contribution in [0.5, 0.6) is 0 Å². The Hall–Kier alpha value is -2.01. The van der Waals surface area contributed by atoms with Gasteiger partial charge in [0.1, 0.15) is 11.6 Å². The first kappa shape index (κ1) is 13.9. The van der Waals surface area contributed by atoms with Gasteiger partial charge in [0, 0.05) is 11.3 Å². The zero-order chi connectivity index (χ0) is 15.0. The zero-order valence-corrected chi connectivity index (χ0v) is 12.5. The first-order chi connectivity index (χ1) is 10.0. The molecule has 0 bridgehead atoms. The second-order valence-corrected chi connectivity index (χ2v) is 5.91. The molecular weight excluding hydrogens is 290 g/mol. The number of nitrogens with zero attached hydrogens (tertiary/aromatic N) is 1. The highest BCUT2D eigenvalue weighted by atomic mass is 32.1. The number of aryl methyl sites for hydroxylation is 1. The van der Waals surface area contributed by atoms with Gasteiger partial charge in [-0.2, -0.15) is 0 Å². The lowest BCUT2D eigenvalue weighted by atomic mass is 10.0. The van der Waals surface area contributed by atoms with Gasteiger partial charge in [0.2, 0.25) is 0 Å². The molecule has 3 aromatic rings. The van der Waals surface area contributed by atoms with Crippen molar-refractivity contribution in [3.63, 3.8) is 0 Å². The Kier molecular flexibility index (Phi) is 3.59. The topological polar surface area (TPSA) is 24.9 Å². The highest BCUT2D eigenvalue weighted by Crippen LogP contribution is 2.27. The molecule has 1 aromatic heterocycles. The van der Waals surface area contributed by atoms with Crippen molar-refractivity contribution >= 4 is 27.2 Å². The highest BCUT2D eigenvalue weighted by Gasteiger charge is 2.14. The van der Waals surface area contributed by atoms with E-state index in [2.05, 4.69) is 10.3 Å². The third kappa shape index (κ3) is 2.74. The van der Waals surface area contributed by atoms with Crippen molar-refractivity contribution in [1.82, 2.24) is 4.98 Å². The van der Waals surface area contributed by atoms with Crippen LogP contribution >= 0.6 is 11.3 Å². The highest BCUT2D eigenvalue weighted by molar-refractivity contribution is 7.16. The molecule has 5 heteroatoms. The van der Waals surface area contributed by atoms with Gasteiger partial charge in [-0.3, -0.25) is 0 Å². The fourth-order valence-corrected chi connectivity index (χ4v) is 2.98. The summed E-state index contributed by atoms with van der Waals surface area (Å²) in [6.07, 6.45) is 0. The lowest BCUT2D eigenvalue weighted by molar-refractivity contribution is 0.571. The summed E-state index contributed by atoms with van der Waals surface area (Å²) in [6, 6.07) is 7.92. The van der Waals surface area contributed by atoms with E-state index in [1.54, 1.807) is 23.8 Å². The van der Waals surface area contributed by atoms with E-state index in [0.29, 0.717) is 11.1 Å². The Labute approximate surface area is 125 Å². The number of aromatic nitrogens is 1. The standard InChI is InChI=1S/C16H14F2N2S/c1-9-5-14(18)12(7-13(9)17)10(2)20-11-3-4-15-16(6-11)21-8-19-15/h3-8,10,20H,1-2H3. The molecule has 1 heterocycles. The maximum Gasteiger partial charge on any atom is 0.128 e. The van der Waals surface area contributed by atoms with Gasteiger partial charge in [0.15, 0.2) is 0 Å². The number of thiazole rings is 1. The van der Waals surface area contributed by atoms with Gasteiger partial charge in [0.05, 0.1) is 21.8 Å². The van der Waals surface area contributed by atoms with Crippen LogP contribution in [0.4, 0.5) is 14.5 Å². The summed E-state index contributed by atoms with van der Waals surface area (Å²) in [6.45, 7) is 3.36. The number of nitrogens with one attached hydrogen (secondary N) is 1. The minimum atomic E-state index is -0.396. The van der Waals surface area contributed by atoms with Crippen LogP contribution in [0.3, 0.4) is 0 Å². The quantitative estimate of drug-likeness (QED) is 0.732. The van der Waals surface area contributed by atoms with E-state index >= 15 is 0 Å².